The normalized spacial score (nSPS) is 33.4. The molecule has 0 radical (unpaired) electrons. The number of aliphatic hydroxyl groups is 3. The van der Waals surface area contributed by atoms with Gasteiger partial charge in [0.05, 0.1) is 32.2 Å². The monoisotopic (exact) mass is 527 g/mol. The van der Waals surface area contributed by atoms with Crippen LogP contribution in [0.3, 0.4) is 0 Å². The molecule has 3 aromatic rings. The van der Waals surface area contributed by atoms with Crippen molar-refractivity contribution < 1.29 is 36.8 Å². The average Bonchev–Trinajstić information content (AvgIpc) is 3.23. The largest absolute Gasteiger partial charge is 0.394 e. The van der Waals surface area contributed by atoms with Crippen molar-refractivity contribution >= 4 is 28.7 Å². The number of rotatable bonds is 10. The summed E-state index contributed by atoms with van der Waals surface area (Å²) in [4.78, 5) is 8.74. The summed E-state index contributed by atoms with van der Waals surface area (Å²) in [5.41, 5.74) is -2.39. The van der Waals surface area contributed by atoms with Crippen LogP contribution < -0.4 is 5.32 Å². The topological polar surface area (TPSA) is 138 Å². The van der Waals surface area contributed by atoms with Crippen LogP contribution in [0.2, 0.25) is 0 Å². The zero-order chi connectivity index (χ0) is 33.4. The molecule has 5 rings (SSSR count). The van der Waals surface area contributed by atoms with E-state index < -0.39 is 85.5 Å². The molecule has 2 aromatic heterocycles. The molecule has 0 unspecified atom stereocenters. The summed E-state index contributed by atoms with van der Waals surface area (Å²) in [5, 5.41) is 41.6. The molecule has 12 heteroatoms. The third-order valence-electron chi connectivity index (χ3n) is 5.97. The summed E-state index contributed by atoms with van der Waals surface area (Å²) in [5.74, 6) is -2.35. The fraction of sp³-hybridized carbons (Fsp3) is 0.583. The van der Waals surface area contributed by atoms with E-state index in [2.05, 4.69) is 25.6 Å². The maximum atomic E-state index is 14.7. The second kappa shape index (κ2) is 10.5. The van der Waals surface area contributed by atoms with E-state index in [0.717, 1.165) is 4.68 Å². The van der Waals surface area contributed by atoms with Gasteiger partial charge in [-0.15, -0.1) is 5.10 Å². The average molecular weight is 528 g/mol. The zero-order valence-corrected chi connectivity index (χ0v) is 20.2. The number of hydrogen-bond donors (Lipinski definition) is 4. The predicted molar refractivity (Wildman–Crippen MR) is 133 cm³/mol. The number of fused-ring (bicyclic) bond motifs is 1. The Hall–Kier alpha value is -2.38. The lowest BCUT2D eigenvalue weighted by molar-refractivity contribution is -0.0629. The Kier molecular flexibility index (Phi) is 4.82. The van der Waals surface area contributed by atoms with Crippen LogP contribution in [0.1, 0.15) is 61.6 Å². The summed E-state index contributed by atoms with van der Waals surface area (Å²) in [6.45, 7) is -0.623. The molecular formula is C24H31FN6O4S. The van der Waals surface area contributed by atoms with E-state index in [9.17, 15) is 19.7 Å². The molecule has 0 bridgehead atoms. The van der Waals surface area contributed by atoms with Crippen molar-refractivity contribution in [3.05, 3.63) is 35.1 Å². The molecular weight excluding hydrogens is 487 g/mol. The van der Waals surface area contributed by atoms with Gasteiger partial charge in [-0.3, -0.25) is 0 Å². The lowest BCUT2D eigenvalue weighted by Gasteiger charge is -2.17. The molecule has 1 aromatic carbocycles. The number of nitrogens with zero attached hydrogens (tertiary/aromatic N) is 5. The molecule has 2 saturated carbocycles. The molecule has 0 aliphatic heterocycles. The summed E-state index contributed by atoms with van der Waals surface area (Å²) in [7, 11) is 0. The first-order valence-corrected chi connectivity index (χ1v) is 12.2. The van der Waals surface area contributed by atoms with Crippen molar-refractivity contribution in [3.63, 3.8) is 0 Å². The van der Waals surface area contributed by atoms with Gasteiger partial charge < -0.3 is 25.4 Å². The van der Waals surface area contributed by atoms with Crippen LogP contribution in [0.5, 0.6) is 0 Å². The van der Waals surface area contributed by atoms with Gasteiger partial charge in [0.2, 0.25) is 0 Å². The maximum Gasteiger partial charge on any atom is 0.191 e. The Bertz CT molecular complexity index is 1610. The lowest BCUT2D eigenvalue weighted by Crippen LogP contribution is -2.33. The number of ether oxygens (including phenoxy) is 1. The maximum absolute atomic E-state index is 14.7. The van der Waals surface area contributed by atoms with Gasteiger partial charge in [0.25, 0.3) is 0 Å². The van der Waals surface area contributed by atoms with Gasteiger partial charge in [-0.25, -0.2) is 19.0 Å². The Morgan fingerprint density at radius 1 is 1.36 bits per heavy atom. The van der Waals surface area contributed by atoms with E-state index in [0.29, 0.717) is 11.8 Å². The van der Waals surface area contributed by atoms with Crippen LogP contribution in [-0.2, 0) is 4.74 Å². The fourth-order valence-electron chi connectivity index (χ4n) is 4.06. The van der Waals surface area contributed by atoms with Crippen molar-refractivity contribution in [1.82, 2.24) is 25.0 Å². The van der Waals surface area contributed by atoms with Gasteiger partial charge in [-0.2, -0.15) is 0 Å². The highest BCUT2D eigenvalue weighted by atomic mass is 32.2. The summed E-state index contributed by atoms with van der Waals surface area (Å²) < 4.78 is 94.6. The molecule has 0 saturated heterocycles. The molecule has 194 valence electrons. The molecule has 0 amide bonds. The number of halogens is 1. The minimum atomic E-state index is -2.50. The third-order valence-corrected chi connectivity index (χ3v) is 6.77. The molecule has 36 heavy (non-hydrogen) atoms. The minimum Gasteiger partial charge on any atom is -0.394 e. The second-order valence-electron chi connectivity index (χ2n) is 8.40. The standard InChI is InChI=1S/C24H31FN6O4S/c1-3-8-36-24-27-22(26-16-10-14(16)13-5-4-12(2)15(25)9-13)19-23(28-24)31(30-29-19)17-11-18(35-7-6-32)21(34)20(17)33/h4-5,9,14,16-18,20-21,32-34H,3,6-8,10-11H2,1-2H3,(H,26,27,28)/t14-,16+,17+,18-,20-,21+/m0/s1/i4D,5D,7D2,8D2,9D,10D2. The first kappa shape index (κ1) is 16.5. The van der Waals surface area contributed by atoms with Crippen LogP contribution in [0, 0.1) is 12.7 Å². The molecule has 4 N–H and O–H groups in total. The van der Waals surface area contributed by atoms with Crippen molar-refractivity contribution in [2.45, 2.75) is 74.5 Å². The third kappa shape index (κ3) is 4.92. The van der Waals surface area contributed by atoms with Crippen molar-refractivity contribution in [3.8, 4) is 0 Å². The number of thioether (sulfide) groups is 1. The van der Waals surface area contributed by atoms with E-state index in [1.165, 1.54) is 6.92 Å². The van der Waals surface area contributed by atoms with Gasteiger partial charge >= 0.3 is 0 Å². The van der Waals surface area contributed by atoms with Gasteiger partial charge in [0.1, 0.15) is 18.0 Å². The Morgan fingerprint density at radius 3 is 2.97 bits per heavy atom. The highest BCUT2D eigenvalue weighted by molar-refractivity contribution is 7.99. The van der Waals surface area contributed by atoms with E-state index in [-0.39, 0.29) is 46.1 Å². The van der Waals surface area contributed by atoms with E-state index in [1.807, 2.05) is 0 Å². The van der Waals surface area contributed by atoms with Crippen LogP contribution in [-0.4, -0.2) is 83.5 Å². The predicted octanol–water partition coefficient (Wildman–Crippen LogP) is 2.18. The number of aromatic nitrogens is 5. The summed E-state index contributed by atoms with van der Waals surface area (Å²) in [6, 6.07) is -3.85. The summed E-state index contributed by atoms with van der Waals surface area (Å²) >= 11 is 0.657. The second-order valence-corrected chi connectivity index (χ2v) is 9.26. The van der Waals surface area contributed by atoms with E-state index in [1.54, 1.807) is 6.92 Å². The number of hydrogen-bond acceptors (Lipinski definition) is 10. The Labute approximate surface area is 224 Å². The van der Waals surface area contributed by atoms with Crippen LogP contribution in [0.25, 0.3) is 11.2 Å². The molecule has 2 aliphatic rings. The first-order chi connectivity index (χ1) is 20.8. The molecule has 10 nitrogen and oxygen atoms in total. The van der Waals surface area contributed by atoms with Gasteiger partial charge in [-0.1, -0.05) is 36.0 Å². The molecule has 2 aliphatic carbocycles. The van der Waals surface area contributed by atoms with E-state index >= 15 is 0 Å². The van der Waals surface area contributed by atoms with Gasteiger partial charge in [-0.05, 0) is 36.9 Å². The molecule has 0 spiro atoms. The minimum absolute atomic E-state index is 0.0388. The van der Waals surface area contributed by atoms with Crippen molar-refractivity contribution in [2.24, 2.45) is 0 Å². The smallest absolute Gasteiger partial charge is 0.191 e. The number of benzene rings is 1. The molecule has 2 heterocycles. The number of anilines is 1. The van der Waals surface area contributed by atoms with Gasteiger partial charge in [0.15, 0.2) is 22.1 Å². The zero-order valence-electron chi connectivity index (χ0n) is 28.4. The highest BCUT2D eigenvalue weighted by Crippen LogP contribution is 2.44. The van der Waals surface area contributed by atoms with Gasteiger partial charge in [0, 0.05) is 29.6 Å². The number of nitrogens with one attached hydrogen (secondary N) is 1. The van der Waals surface area contributed by atoms with Crippen molar-refractivity contribution in [1.29, 1.82) is 0 Å². The first-order valence-electron chi connectivity index (χ1n) is 15.8. The van der Waals surface area contributed by atoms with E-state index in [4.69, 9.17) is 17.1 Å². The SMILES string of the molecule is [2H]c1c([2H])c([C@H]2[C@H](Nc3nc(SC([2H])([2H])CC)nc4c3nnn4[C@@H]3C[C@H](OC([2H])([2H])CO)[C@@H](O)[C@H]3O)C2([2H])[2H])c([2H])c(F)c1C. The Balaban J connectivity index is 1.55. The van der Waals surface area contributed by atoms with Crippen molar-refractivity contribution in [2.75, 3.05) is 24.2 Å². The van der Waals surface area contributed by atoms with Crippen LogP contribution in [0.4, 0.5) is 10.2 Å². The van der Waals surface area contributed by atoms with Crippen LogP contribution >= 0.6 is 11.8 Å². The number of aliphatic hydroxyl groups excluding tert-OH is 3. The lowest BCUT2D eigenvalue weighted by atomic mass is 10.1. The quantitative estimate of drug-likeness (QED) is 0.229. The van der Waals surface area contributed by atoms with Crippen LogP contribution in [0.15, 0.2) is 23.3 Å². The molecule has 6 atom stereocenters. The Morgan fingerprint density at radius 2 is 2.19 bits per heavy atom. The highest BCUT2D eigenvalue weighted by Gasteiger charge is 2.45. The molecule has 2 fully saturated rings. The fourth-order valence-corrected chi connectivity index (χ4v) is 4.60. The summed E-state index contributed by atoms with van der Waals surface area (Å²) in [6.07, 6.45) is -6.59.